The first kappa shape index (κ1) is 17.5. The van der Waals surface area contributed by atoms with Crippen molar-refractivity contribution >= 4 is 5.91 Å². The normalized spacial score (nSPS) is 11.6. The summed E-state index contributed by atoms with van der Waals surface area (Å²) in [5, 5.41) is 6.73. The van der Waals surface area contributed by atoms with E-state index in [4.69, 9.17) is 9.47 Å². The molecular formula is C17H21N3O4. The van der Waals surface area contributed by atoms with Crippen molar-refractivity contribution in [3.8, 4) is 11.5 Å². The lowest BCUT2D eigenvalue weighted by atomic mass is 10.1. The maximum atomic E-state index is 12.2. The minimum atomic E-state index is -0.663. The van der Waals surface area contributed by atoms with E-state index in [0.717, 1.165) is 10.2 Å². The summed E-state index contributed by atoms with van der Waals surface area (Å²) in [4.78, 5) is 23.8. The molecule has 2 rings (SSSR count). The quantitative estimate of drug-likeness (QED) is 0.824. The van der Waals surface area contributed by atoms with Crippen molar-refractivity contribution in [3.05, 3.63) is 52.4 Å². The molecule has 2 aromatic rings. The third-order valence-electron chi connectivity index (χ3n) is 3.65. The van der Waals surface area contributed by atoms with Crippen LogP contribution >= 0.6 is 0 Å². The molecule has 7 heteroatoms. The van der Waals surface area contributed by atoms with E-state index >= 15 is 0 Å². The number of benzene rings is 1. The standard InChI is InChI=1S/C17H21N3O4/c1-12(20-16(21)5-4-9-19-20)17(22)18-10-8-13-6-7-14(23-2)15(11-13)24-3/h4-7,9,11-12H,8,10H2,1-3H3,(H,18,22). The highest BCUT2D eigenvalue weighted by atomic mass is 16.5. The molecule has 0 bridgehead atoms. The van der Waals surface area contributed by atoms with Crippen molar-refractivity contribution in [1.82, 2.24) is 15.1 Å². The highest BCUT2D eigenvalue weighted by molar-refractivity contribution is 5.79. The van der Waals surface area contributed by atoms with E-state index in [1.54, 1.807) is 27.2 Å². The molecule has 1 atom stereocenters. The first-order valence-electron chi connectivity index (χ1n) is 7.59. The van der Waals surface area contributed by atoms with Crippen LogP contribution in [0.3, 0.4) is 0 Å². The first-order chi connectivity index (χ1) is 11.6. The third kappa shape index (κ3) is 4.13. The minimum Gasteiger partial charge on any atom is -0.493 e. The van der Waals surface area contributed by atoms with E-state index in [1.807, 2.05) is 18.2 Å². The number of carbonyl (C=O) groups excluding carboxylic acids is 1. The number of nitrogens with one attached hydrogen (secondary N) is 1. The Bertz CT molecular complexity index is 757. The Morgan fingerprint density at radius 1 is 1.25 bits per heavy atom. The molecule has 0 aliphatic rings. The van der Waals surface area contributed by atoms with Gasteiger partial charge in [0.15, 0.2) is 11.5 Å². The van der Waals surface area contributed by atoms with Gasteiger partial charge in [-0.25, -0.2) is 4.68 Å². The summed E-state index contributed by atoms with van der Waals surface area (Å²) < 4.78 is 11.6. The summed E-state index contributed by atoms with van der Waals surface area (Å²) in [7, 11) is 3.16. The Labute approximate surface area is 140 Å². The number of carbonyl (C=O) groups is 1. The number of hydrogen-bond donors (Lipinski definition) is 1. The van der Waals surface area contributed by atoms with E-state index in [1.165, 1.54) is 12.3 Å². The number of amides is 1. The molecule has 0 saturated heterocycles. The van der Waals surface area contributed by atoms with Crippen LogP contribution in [0.2, 0.25) is 0 Å². The van der Waals surface area contributed by atoms with Gasteiger partial charge in [0, 0.05) is 18.8 Å². The fourth-order valence-electron chi connectivity index (χ4n) is 2.28. The predicted molar refractivity (Wildman–Crippen MR) is 89.5 cm³/mol. The van der Waals surface area contributed by atoms with Crippen molar-refractivity contribution < 1.29 is 14.3 Å². The minimum absolute atomic E-state index is 0.253. The Hall–Kier alpha value is -2.83. The molecule has 0 fully saturated rings. The second-order valence-electron chi connectivity index (χ2n) is 5.21. The summed E-state index contributed by atoms with van der Waals surface area (Å²) >= 11 is 0. The van der Waals surface area contributed by atoms with Crippen LogP contribution in [0.25, 0.3) is 0 Å². The highest BCUT2D eigenvalue weighted by Gasteiger charge is 2.16. The van der Waals surface area contributed by atoms with Gasteiger partial charge in [-0.2, -0.15) is 5.10 Å². The summed E-state index contributed by atoms with van der Waals surface area (Å²) in [6, 6.07) is 7.87. The van der Waals surface area contributed by atoms with E-state index in [2.05, 4.69) is 10.4 Å². The van der Waals surface area contributed by atoms with E-state index in [9.17, 15) is 9.59 Å². The van der Waals surface area contributed by atoms with Crippen LogP contribution in [0.4, 0.5) is 0 Å². The summed E-state index contributed by atoms with van der Waals surface area (Å²) in [5.74, 6) is 1.06. The van der Waals surface area contributed by atoms with Gasteiger partial charge in [0.05, 0.1) is 14.2 Å². The second kappa shape index (κ2) is 8.14. The number of methoxy groups -OCH3 is 2. The molecule has 1 heterocycles. The molecule has 1 amide bonds. The fourth-order valence-corrected chi connectivity index (χ4v) is 2.28. The molecule has 1 N–H and O–H groups in total. The molecule has 1 aromatic heterocycles. The number of ether oxygens (including phenoxy) is 2. The van der Waals surface area contributed by atoms with Crippen LogP contribution in [-0.2, 0) is 11.2 Å². The van der Waals surface area contributed by atoms with Gasteiger partial charge in [-0.3, -0.25) is 9.59 Å². The lowest BCUT2D eigenvalue weighted by Crippen LogP contribution is -2.37. The molecule has 128 valence electrons. The van der Waals surface area contributed by atoms with Gasteiger partial charge in [-0.1, -0.05) is 6.07 Å². The summed E-state index contributed by atoms with van der Waals surface area (Å²) in [5.41, 5.74) is 0.704. The zero-order chi connectivity index (χ0) is 17.5. The Kier molecular flexibility index (Phi) is 5.95. The summed E-state index contributed by atoms with van der Waals surface area (Å²) in [6.07, 6.45) is 2.12. The van der Waals surface area contributed by atoms with Crippen LogP contribution < -0.4 is 20.3 Å². The Morgan fingerprint density at radius 2 is 2.00 bits per heavy atom. The number of rotatable bonds is 7. The lowest BCUT2D eigenvalue weighted by molar-refractivity contribution is -0.124. The van der Waals surface area contributed by atoms with Crippen molar-refractivity contribution in [2.45, 2.75) is 19.4 Å². The van der Waals surface area contributed by atoms with Crippen molar-refractivity contribution in [2.75, 3.05) is 20.8 Å². The molecular weight excluding hydrogens is 310 g/mol. The van der Waals surface area contributed by atoms with Crippen LogP contribution in [-0.4, -0.2) is 36.5 Å². The second-order valence-corrected chi connectivity index (χ2v) is 5.21. The molecule has 7 nitrogen and oxygen atoms in total. The van der Waals surface area contributed by atoms with Gasteiger partial charge in [0.2, 0.25) is 5.91 Å². The lowest BCUT2D eigenvalue weighted by Gasteiger charge is -2.14. The van der Waals surface area contributed by atoms with E-state index in [-0.39, 0.29) is 11.5 Å². The monoisotopic (exact) mass is 331 g/mol. The first-order valence-corrected chi connectivity index (χ1v) is 7.59. The van der Waals surface area contributed by atoms with Crippen LogP contribution in [0.5, 0.6) is 11.5 Å². The predicted octanol–water partition coefficient (Wildman–Crippen LogP) is 1.18. The molecule has 0 spiro atoms. The zero-order valence-electron chi connectivity index (χ0n) is 14.0. The molecule has 0 aliphatic carbocycles. The number of nitrogens with zero attached hydrogens (tertiary/aromatic N) is 2. The molecule has 0 radical (unpaired) electrons. The molecule has 24 heavy (non-hydrogen) atoms. The van der Waals surface area contributed by atoms with Crippen LogP contribution in [0.1, 0.15) is 18.5 Å². The fraction of sp³-hybridized carbons (Fsp3) is 0.353. The van der Waals surface area contributed by atoms with Gasteiger partial charge in [0.1, 0.15) is 6.04 Å². The molecule has 1 aromatic carbocycles. The van der Waals surface area contributed by atoms with Gasteiger partial charge in [0.25, 0.3) is 5.56 Å². The van der Waals surface area contributed by atoms with Crippen molar-refractivity contribution in [1.29, 1.82) is 0 Å². The Morgan fingerprint density at radius 3 is 2.67 bits per heavy atom. The SMILES string of the molecule is COc1ccc(CCNC(=O)C(C)n2ncccc2=O)cc1OC. The topological polar surface area (TPSA) is 82.5 Å². The maximum Gasteiger partial charge on any atom is 0.267 e. The van der Waals surface area contributed by atoms with E-state index in [0.29, 0.717) is 24.5 Å². The maximum absolute atomic E-state index is 12.2. The highest BCUT2D eigenvalue weighted by Crippen LogP contribution is 2.27. The van der Waals surface area contributed by atoms with Gasteiger partial charge < -0.3 is 14.8 Å². The van der Waals surface area contributed by atoms with Crippen LogP contribution in [0, 0.1) is 0 Å². The largest absolute Gasteiger partial charge is 0.493 e. The summed E-state index contributed by atoms with van der Waals surface area (Å²) in [6.45, 7) is 2.08. The molecule has 1 unspecified atom stereocenters. The van der Waals surface area contributed by atoms with Gasteiger partial charge in [-0.15, -0.1) is 0 Å². The van der Waals surface area contributed by atoms with Crippen molar-refractivity contribution in [3.63, 3.8) is 0 Å². The number of hydrogen-bond acceptors (Lipinski definition) is 5. The Balaban J connectivity index is 1.93. The molecule has 0 saturated carbocycles. The average molecular weight is 331 g/mol. The average Bonchev–Trinajstić information content (AvgIpc) is 2.61. The van der Waals surface area contributed by atoms with Crippen LogP contribution in [0.15, 0.2) is 41.3 Å². The molecule has 0 aliphatic heterocycles. The zero-order valence-corrected chi connectivity index (χ0v) is 14.0. The number of aromatic nitrogens is 2. The van der Waals surface area contributed by atoms with E-state index < -0.39 is 6.04 Å². The van der Waals surface area contributed by atoms with Gasteiger partial charge in [-0.05, 0) is 37.1 Å². The smallest absolute Gasteiger partial charge is 0.267 e. The third-order valence-corrected chi connectivity index (χ3v) is 3.65. The van der Waals surface area contributed by atoms with Crippen molar-refractivity contribution in [2.24, 2.45) is 0 Å². The van der Waals surface area contributed by atoms with Gasteiger partial charge >= 0.3 is 0 Å².